The number of hydrogen-bond acceptors (Lipinski definition) is 4. The summed E-state index contributed by atoms with van der Waals surface area (Å²) >= 11 is 0. The van der Waals surface area contributed by atoms with Crippen LogP contribution in [0.15, 0.2) is 53.4 Å². The van der Waals surface area contributed by atoms with Crippen molar-refractivity contribution in [1.29, 1.82) is 0 Å². The van der Waals surface area contributed by atoms with Gasteiger partial charge in [-0.25, -0.2) is 17.9 Å². The van der Waals surface area contributed by atoms with Gasteiger partial charge in [-0.15, -0.1) is 0 Å². The second-order valence-electron chi connectivity index (χ2n) is 5.74. The fraction of sp³-hybridized carbons (Fsp3) is 0.278. The van der Waals surface area contributed by atoms with Crippen LogP contribution in [0.2, 0.25) is 0 Å². The Kier molecular flexibility index (Phi) is 6.03. The smallest absolute Gasteiger partial charge is 0.331 e. The van der Waals surface area contributed by atoms with Gasteiger partial charge in [0.15, 0.2) is 0 Å². The highest BCUT2D eigenvalue weighted by Crippen LogP contribution is 2.12. The Labute approximate surface area is 148 Å². The third-order valence-electron chi connectivity index (χ3n) is 3.79. The van der Waals surface area contributed by atoms with Gasteiger partial charge in [-0.05, 0) is 43.2 Å². The van der Waals surface area contributed by atoms with Crippen molar-refractivity contribution in [3.05, 3.63) is 59.7 Å². The minimum atomic E-state index is -3.87. The molecule has 0 radical (unpaired) electrons. The van der Waals surface area contributed by atoms with E-state index in [1.807, 2.05) is 31.2 Å². The molecule has 7 heteroatoms. The average Bonchev–Trinajstić information content (AvgIpc) is 2.60. The summed E-state index contributed by atoms with van der Waals surface area (Å²) in [6.45, 7) is 2.25. The fourth-order valence-electron chi connectivity index (χ4n) is 2.16. The number of aryl methyl sites for hydroxylation is 1. The number of nitrogens with zero attached hydrogens (tertiary/aromatic N) is 1. The molecule has 0 atom stereocenters. The molecule has 0 aliphatic heterocycles. The Morgan fingerprint density at radius 3 is 2.24 bits per heavy atom. The van der Waals surface area contributed by atoms with Crippen LogP contribution in [0, 0.1) is 6.92 Å². The summed E-state index contributed by atoms with van der Waals surface area (Å²) in [4.78, 5) is 13.5. The van der Waals surface area contributed by atoms with Gasteiger partial charge in [0, 0.05) is 13.6 Å². The lowest BCUT2D eigenvalue weighted by Gasteiger charge is -2.18. The van der Waals surface area contributed by atoms with E-state index in [1.165, 1.54) is 17.0 Å². The molecule has 2 aromatic carbocycles. The van der Waals surface area contributed by atoms with E-state index in [2.05, 4.69) is 4.72 Å². The van der Waals surface area contributed by atoms with E-state index in [-0.39, 0.29) is 4.90 Å². The van der Waals surface area contributed by atoms with Gasteiger partial charge in [0.1, 0.15) is 5.75 Å². The highest BCUT2D eigenvalue weighted by molar-refractivity contribution is 7.90. The van der Waals surface area contributed by atoms with Crippen molar-refractivity contribution in [2.75, 3.05) is 20.7 Å². The monoisotopic (exact) mass is 362 g/mol. The lowest BCUT2D eigenvalue weighted by atomic mass is 10.1. The normalized spacial score (nSPS) is 11.0. The molecule has 0 aliphatic rings. The Morgan fingerprint density at radius 1 is 1.08 bits per heavy atom. The molecule has 25 heavy (non-hydrogen) atoms. The van der Waals surface area contributed by atoms with Gasteiger partial charge in [0.2, 0.25) is 0 Å². The minimum Gasteiger partial charge on any atom is -0.497 e. The second-order valence-corrected chi connectivity index (χ2v) is 7.43. The molecule has 0 aliphatic carbocycles. The van der Waals surface area contributed by atoms with Gasteiger partial charge in [0.25, 0.3) is 10.0 Å². The Hall–Kier alpha value is -2.54. The number of ether oxygens (including phenoxy) is 1. The van der Waals surface area contributed by atoms with Gasteiger partial charge in [-0.1, -0.05) is 29.8 Å². The molecule has 0 unspecified atom stereocenters. The number of likely N-dealkylation sites (N-methyl/N-ethyl adjacent to an activating group) is 1. The topological polar surface area (TPSA) is 75.7 Å². The molecule has 2 rings (SSSR count). The first kappa shape index (κ1) is 18.8. The third-order valence-corrected chi connectivity index (χ3v) is 5.13. The number of carbonyl (C=O) groups excluding carboxylic acids is 1. The molecule has 0 saturated carbocycles. The van der Waals surface area contributed by atoms with Crippen molar-refractivity contribution in [1.82, 2.24) is 9.62 Å². The summed E-state index contributed by atoms with van der Waals surface area (Å²) in [5.74, 6) is 0.763. The standard InChI is InChI=1S/C18H22N2O4S/c1-14-4-10-17(11-5-14)25(22,23)19-18(21)20(2)13-12-15-6-8-16(24-3)9-7-15/h4-11H,12-13H2,1-3H3,(H,19,21). The molecule has 2 aromatic rings. The largest absolute Gasteiger partial charge is 0.497 e. The average molecular weight is 362 g/mol. The molecule has 134 valence electrons. The number of urea groups is 1. The SMILES string of the molecule is COc1ccc(CCN(C)C(=O)NS(=O)(=O)c2ccc(C)cc2)cc1. The fourth-order valence-corrected chi connectivity index (χ4v) is 3.16. The van der Waals surface area contributed by atoms with Gasteiger partial charge in [0.05, 0.1) is 12.0 Å². The number of amides is 2. The van der Waals surface area contributed by atoms with Gasteiger partial charge in [-0.3, -0.25) is 0 Å². The minimum absolute atomic E-state index is 0.0648. The summed E-state index contributed by atoms with van der Waals surface area (Å²) < 4.78 is 31.6. The predicted octanol–water partition coefficient (Wildman–Crippen LogP) is 2.58. The van der Waals surface area contributed by atoms with E-state index in [4.69, 9.17) is 4.74 Å². The number of hydrogen-bond donors (Lipinski definition) is 1. The summed E-state index contributed by atoms with van der Waals surface area (Å²) in [5.41, 5.74) is 1.98. The number of carbonyl (C=O) groups is 1. The van der Waals surface area contributed by atoms with Crippen molar-refractivity contribution in [3.63, 3.8) is 0 Å². The number of sulfonamides is 1. The zero-order chi connectivity index (χ0) is 18.4. The molecule has 0 heterocycles. The van der Waals surface area contributed by atoms with Gasteiger partial charge >= 0.3 is 6.03 Å². The van der Waals surface area contributed by atoms with Crippen LogP contribution >= 0.6 is 0 Å². The quantitative estimate of drug-likeness (QED) is 0.857. The van der Waals surface area contributed by atoms with Crippen LogP contribution in [-0.2, 0) is 16.4 Å². The zero-order valence-corrected chi connectivity index (χ0v) is 15.3. The maximum absolute atomic E-state index is 12.2. The lowest BCUT2D eigenvalue weighted by Crippen LogP contribution is -2.41. The van der Waals surface area contributed by atoms with Crippen LogP contribution in [0.4, 0.5) is 4.79 Å². The first-order valence-corrected chi connectivity index (χ1v) is 9.27. The molecule has 0 saturated heterocycles. The van der Waals surface area contributed by atoms with Crippen LogP contribution < -0.4 is 9.46 Å². The maximum atomic E-state index is 12.2. The Morgan fingerprint density at radius 2 is 1.68 bits per heavy atom. The van der Waals surface area contributed by atoms with E-state index < -0.39 is 16.1 Å². The molecule has 0 aromatic heterocycles. The molecule has 6 nitrogen and oxygen atoms in total. The summed E-state index contributed by atoms with van der Waals surface area (Å²) in [6, 6.07) is 13.2. The summed E-state index contributed by atoms with van der Waals surface area (Å²) in [7, 11) is -0.713. The van der Waals surface area contributed by atoms with Crippen molar-refractivity contribution in [2.24, 2.45) is 0 Å². The maximum Gasteiger partial charge on any atom is 0.331 e. The van der Waals surface area contributed by atoms with E-state index in [0.717, 1.165) is 16.9 Å². The van der Waals surface area contributed by atoms with Crippen molar-refractivity contribution < 1.29 is 17.9 Å². The first-order valence-electron chi connectivity index (χ1n) is 7.79. The molecule has 2 amide bonds. The molecule has 0 spiro atoms. The number of nitrogens with one attached hydrogen (secondary N) is 1. The molecular weight excluding hydrogens is 340 g/mol. The van der Waals surface area contributed by atoms with E-state index in [1.54, 1.807) is 26.3 Å². The van der Waals surface area contributed by atoms with Crippen molar-refractivity contribution >= 4 is 16.1 Å². The molecule has 1 N–H and O–H groups in total. The van der Waals surface area contributed by atoms with Crippen LogP contribution in [0.3, 0.4) is 0 Å². The number of benzene rings is 2. The molecular formula is C18H22N2O4S. The highest BCUT2D eigenvalue weighted by atomic mass is 32.2. The predicted molar refractivity (Wildman–Crippen MR) is 96.2 cm³/mol. The van der Waals surface area contributed by atoms with E-state index in [0.29, 0.717) is 13.0 Å². The summed E-state index contributed by atoms with van der Waals surface area (Å²) in [6.07, 6.45) is 0.610. The third kappa shape index (κ3) is 5.22. The van der Waals surface area contributed by atoms with Crippen molar-refractivity contribution in [2.45, 2.75) is 18.2 Å². The number of rotatable bonds is 6. The second kappa shape index (κ2) is 8.02. The molecule has 0 fully saturated rings. The van der Waals surface area contributed by atoms with E-state index >= 15 is 0 Å². The van der Waals surface area contributed by atoms with Crippen molar-refractivity contribution in [3.8, 4) is 5.75 Å². The van der Waals surface area contributed by atoms with Crippen LogP contribution in [0.1, 0.15) is 11.1 Å². The van der Waals surface area contributed by atoms with E-state index in [9.17, 15) is 13.2 Å². The number of methoxy groups -OCH3 is 1. The molecule has 0 bridgehead atoms. The zero-order valence-electron chi connectivity index (χ0n) is 14.5. The Bertz CT molecular complexity index is 815. The highest BCUT2D eigenvalue weighted by Gasteiger charge is 2.19. The first-order chi connectivity index (χ1) is 11.8. The van der Waals surface area contributed by atoms with Crippen LogP contribution in [-0.4, -0.2) is 40.1 Å². The Balaban J connectivity index is 1.93. The van der Waals surface area contributed by atoms with Gasteiger partial charge in [-0.2, -0.15) is 0 Å². The summed E-state index contributed by atoms with van der Waals surface area (Å²) in [5, 5.41) is 0. The lowest BCUT2D eigenvalue weighted by molar-refractivity contribution is 0.215. The van der Waals surface area contributed by atoms with Crippen LogP contribution in [0.5, 0.6) is 5.75 Å². The van der Waals surface area contributed by atoms with Crippen LogP contribution in [0.25, 0.3) is 0 Å². The van der Waals surface area contributed by atoms with Gasteiger partial charge < -0.3 is 9.64 Å².